The van der Waals surface area contributed by atoms with E-state index < -0.39 is 17.9 Å². The first-order chi connectivity index (χ1) is 12.4. The number of amides is 3. The minimum absolute atomic E-state index is 0.105. The molecule has 0 aliphatic carbocycles. The highest BCUT2D eigenvalue weighted by Crippen LogP contribution is 2.24. The van der Waals surface area contributed by atoms with E-state index in [1.54, 1.807) is 12.1 Å². The lowest BCUT2D eigenvalue weighted by molar-refractivity contribution is -0.122. The highest BCUT2D eigenvalue weighted by molar-refractivity contribution is 6.40. The molecule has 8 heteroatoms. The third kappa shape index (κ3) is 5.05. The van der Waals surface area contributed by atoms with Crippen LogP contribution in [0, 0.1) is 0 Å². The molecule has 0 unspecified atom stereocenters. The van der Waals surface area contributed by atoms with E-state index in [9.17, 15) is 14.4 Å². The van der Waals surface area contributed by atoms with E-state index in [2.05, 4.69) is 15.7 Å². The van der Waals surface area contributed by atoms with Gasteiger partial charge in [0.05, 0.1) is 5.69 Å². The van der Waals surface area contributed by atoms with Crippen molar-refractivity contribution in [2.45, 2.75) is 45.2 Å². The standard InChI is InChI=1S/C18H25N5O3/c1-3-12(2)21-16(24)9-10-20-18(26)14-11-15(17(19)25)23(22-14)13-7-5-4-6-8-13/h4-8,12,15H,3,9-11H2,1-2H3,(H2,19,25)(H,20,26)(H,21,24)/t12-,15-/m0/s1. The van der Waals surface area contributed by atoms with E-state index in [4.69, 9.17) is 5.73 Å². The minimum atomic E-state index is -0.702. The van der Waals surface area contributed by atoms with Crippen molar-refractivity contribution in [1.82, 2.24) is 10.6 Å². The highest BCUT2D eigenvalue weighted by Gasteiger charge is 2.34. The molecule has 0 bridgehead atoms. The predicted molar refractivity (Wildman–Crippen MR) is 99.5 cm³/mol. The molecule has 1 heterocycles. The molecule has 0 saturated heterocycles. The van der Waals surface area contributed by atoms with Crippen molar-refractivity contribution in [3.05, 3.63) is 30.3 Å². The molecule has 140 valence electrons. The molecule has 0 saturated carbocycles. The van der Waals surface area contributed by atoms with Crippen molar-refractivity contribution in [3.63, 3.8) is 0 Å². The van der Waals surface area contributed by atoms with Crippen LogP contribution in [-0.2, 0) is 14.4 Å². The number of rotatable bonds is 8. The van der Waals surface area contributed by atoms with Gasteiger partial charge in [0.1, 0.15) is 11.8 Å². The topological polar surface area (TPSA) is 117 Å². The number of para-hydroxylation sites is 1. The fourth-order valence-corrected chi connectivity index (χ4v) is 2.53. The molecule has 0 spiro atoms. The summed E-state index contributed by atoms with van der Waals surface area (Å²) in [7, 11) is 0. The maximum atomic E-state index is 12.3. The summed E-state index contributed by atoms with van der Waals surface area (Å²) in [6, 6.07) is 8.47. The molecule has 0 fully saturated rings. The van der Waals surface area contributed by atoms with Gasteiger partial charge in [0.25, 0.3) is 5.91 Å². The fourth-order valence-electron chi connectivity index (χ4n) is 2.53. The Hall–Kier alpha value is -2.90. The Morgan fingerprint density at radius 2 is 2.00 bits per heavy atom. The second-order valence-electron chi connectivity index (χ2n) is 6.23. The first kappa shape index (κ1) is 19.4. The number of nitrogens with zero attached hydrogens (tertiary/aromatic N) is 2. The third-order valence-electron chi connectivity index (χ3n) is 4.18. The first-order valence-electron chi connectivity index (χ1n) is 8.71. The zero-order chi connectivity index (χ0) is 19.1. The monoisotopic (exact) mass is 359 g/mol. The van der Waals surface area contributed by atoms with Crippen LogP contribution in [0.1, 0.15) is 33.1 Å². The molecule has 1 aromatic rings. The van der Waals surface area contributed by atoms with Crippen molar-refractivity contribution in [3.8, 4) is 0 Å². The summed E-state index contributed by atoms with van der Waals surface area (Å²) in [6.45, 7) is 4.11. The van der Waals surface area contributed by atoms with Gasteiger partial charge in [0, 0.05) is 25.4 Å². The quantitative estimate of drug-likeness (QED) is 0.627. The number of hydrazone groups is 1. The van der Waals surface area contributed by atoms with Crippen LogP contribution in [0.2, 0.25) is 0 Å². The first-order valence-corrected chi connectivity index (χ1v) is 8.71. The van der Waals surface area contributed by atoms with Gasteiger partial charge in [-0.1, -0.05) is 25.1 Å². The third-order valence-corrected chi connectivity index (χ3v) is 4.18. The van der Waals surface area contributed by atoms with Crippen LogP contribution >= 0.6 is 0 Å². The maximum absolute atomic E-state index is 12.3. The number of carbonyl (C=O) groups is 3. The summed E-state index contributed by atoms with van der Waals surface area (Å²) in [4.78, 5) is 35.7. The average Bonchev–Trinajstić information content (AvgIpc) is 3.08. The van der Waals surface area contributed by atoms with Gasteiger partial charge >= 0.3 is 0 Å². The van der Waals surface area contributed by atoms with Crippen molar-refractivity contribution in [1.29, 1.82) is 0 Å². The molecule has 1 aliphatic rings. The average molecular weight is 359 g/mol. The van der Waals surface area contributed by atoms with Crippen LogP contribution in [0.3, 0.4) is 0 Å². The van der Waals surface area contributed by atoms with Crippen molar-refractivity contribution < 1.29 is 14.4 Å². The largest absolute Gasteiger partial charge is 0.368 e. The molecule has 0 radical (unpaired) electrons. The number of nitrogens with one attached hydrogen (secondary N) is 2. The molecule has 1 aromatic carbocycles. The van der Waals surface area contributed by atoms with Gasteiger partial charge in [-0.05, 0) is 25.5 Å². The van der Waals surface area contributed by atoms with Gasteiger partial charge < -0.3 is 16.4 Å². The molecule has 2 rings (SSSR count). The van der Waals surface area contributed by atoms with Crippen molar-refractivity contribution in [2.75, 3.05) is 11.6 Å². The predicted octanol–water partition coefficient (Wildman–Crippen LogP) is 0.528. The van der Waals surface area contributed by atoms with E-state index in [1.165, 1.54) is 5.01 Å². The molecular weight excluding hydrogens is 334 g/mol. The zero-order valence-electron chi connectivity index (χ0n) is 15.1. The zero-order valence-corrected chi connectivity index (χ0v) is 15.1. The van der Waals surface area contributed by atoms with Gasteiger partial charge in [-0.3, -0.25) is 19.4 Å². The molecule has 1 aliphatic heterocycles. The Morgan fingerprint density at radius 3 is 2.62 bits per heavy atom. The summed E-state index contributed by atoms with van der Waals surface area (Å²) in [5.74, 6) is -1.06. The van der Waals surface area contributed by atoms with E-state index in [-0.39, 0.29) is 37.0 Å². The Balaban J connectivity index is 1.94. The summed E-state index contributed by atoms with van der Waals surface area (Å²) in [5.41, 5.74) is 6.36. The number of anilines is 1. The Morgan fingerprint density at radius 1 is 1.31 bits per heavy atom. The number of hydrogen-bond acceptors (Lipinski definition) is 5. The van der Waals surface area contributed by atoms with Crippen LogP contribution < -0.4 is 21.4 Å². The Labute approximate surface area is 152 Å². The van der Waals surface area contributed by atoms with Gasteiger partial charge in [-0.15, -0.1) is 0 Å². The molecular formula is C18H25N5O3. The van der Waals surface area contributed by atoms with E-state index >= 15 is 0 Å². The smallest absolute Gasteiger partial charge is 0.267 e. The molecule has 4 N–H and O–H groups in total. The van der Waals surface area contributed by atoms with Crippen molar-refractivity contribution >= 4 is 29.1 Å². The minimum Gasteiger partial charge on any atom is -0.368 e. The normalized spacial score (nSPS) is 17.4. The fraction of sp³-hybridized carbons (Fsp3) is 0.444. The Kier molecular flexibility index (Phi) is 6.71. The summed E-state index contributed by atoms with van der Waals surface area (Å²) < 4.78 is 0. The van der Waals surface area contributed by atoms with Gasteiger partial charge in [0.15, 0.2) is 0 Å². The number of hydrogen-bond donors (Lipinski definition) is 3. The SMILES string of the molecule is CC[C@H](C)NC(=O)CCNC(=O)C1=NN(c2ccccc2)[C@H](C(N)=O)C1. The Bertz CT molecular complexity index is 689. The number of carbonyl (C=O) groups excluding carboxylic acids is 3. The van der Waals surface area contributed by atoms with Gasteiger partial charge in [-0.2, -0.15) is 5.10 Å². The van der Waals surface area contributed by atoms with Crippen molar-refractivity contribution in [2.24, 2.45) is 10.8 Å². The number of primary amides is 1. The van der Waals surface area contributed by atoms with Crippen LogP contribution in [0.5, 0.6) is 0 Å². The highest BCUT2D eigenvalue weighted by atomic mass is 16.2. The lowest BCUT2D eigenvalue weighted by Gasteiger charge is -2.20. The van der Waals surface area contributed by atoms with Crippen LogP contribution in [-0.4, -0.2) is 42.1 Å². The van der Waals surface area contributed by atoms with Crippen LogP contribution in [0.4, 0.5) is 5.69 Å². The second-order valence-corrected chi connectivity index (χ2v) is 6.23. The summed E-state index contributed by atoms with van der Waals surface area (Å²) in [6.07, 6.45) is 1.17. The van der Waals surface area contributed by atoms with E-state index in [1.807, 2.05) is 32.0 Å². The molecule has 2 atom stereocenters. The molecule has 26 heavy (non-hydrogen) atoms. The van der Waals surface area contributed by atoms with Crippen LogP contribution in [0.15, 0.2) is 35.4 Å². The molecule has 8 nitrogen and oxygen atoms in total. The van der Waals surface area contributed by atoms with E-state index in [0.29, 0.717) is 5.69 Å². The second kappa shape index (κ2) is 8.98. The summed E-state index contributed by atoms with van der Waals surface area (Å²) in [5, 5.41) is 11.2. The van der Waals surface area contributed by atoms with Crippen LogP contribution in [0.25, 0.3) is 0 Å². The number of benzene rings is 1. The summed E-state index contributed by atoms with van der Waals surface area (Å²) >= 11 is 0. The molecule has 0 aromatic heterocycles. The number of nitrogens with two attached hydrogens (primary N) is 1. The molecule has 3 amide bonds. The van der Waals surface area contributed by atoms with Gasteiger partial charge in [0.2, 0.25) is 11.8 Å². The maximum Gasteiger partial charge on any atom is 0.267 e. The lowest BCUT2D eigenvalue weighted by atomic mass is 10.1. The van der Waals surface area contributed by atoms with Gasteiger partial charge in [-0.25, -0.2) is 0 Å². The van der Waals surface area contributed by atoms with E-state index in [0.717, 1.165) is 6.42 Å². The lowest BCUT2D eigenvalue weighted by Crippen LogP contribution is -2.40.